The minimum absolute atomic E-state index is 0.396. The van der Waals surface area contributed by atoms with E-state index < -0.39 is 0 Å². The van der Waals surface area contributed by atoms with Gasteiger partial charge in [0.15, 0.2) is 0 Å². The van der Waals surface area contributed by atoms with E-state index in [1.54, 1.807) is 25.7 Å². The zero-order valence-electron chi connectivity index (χ0n) is 5.52. The van der Waals surface area contributed by atoms with Gasteiger partial charge in [-0.2, -0.15) is 0 Å². The molecule has 0 aliphatic rings. The first-order chi connectivity index (χ1) is 4.20. The molecule has 2 nitrogen and oxygen atoms in total. The highest BCUT2D eigenvalue weighted by Crippen LogP contribution is 2.01. The lowest BCUT2D eigenvalue weighted by molar-refractivity contribution is 0.565. The fraction of sp³-hybridized carbons (Fsp3) is 0.429. The molecule has 0 aromatic carbocycles. The third-order valence-corrected chi connectivity index (χ3v) is 0.879. The third-order valence-electron chi connectivity index (χ3n) is 0.879. The quantitative estimate of drug-likeness (QED) is 0.513. The van der Waals surface area contributed by atoms with Crippen LogP contribution in [-0.4, -0.2) is 11.9 Å². The largest absolute Gasteiger partial charge is 0.234 e. The van der Waals surface area contributed by atoms with Crippen LogP contribution >= 0.6 is 0 Å². The van der Waals surface area contributed by atoms with Gasteiger partial charge in [-0.05, 0) is 13.8 Å². The van der Waals surface area contributed by atoms with Crippen LogP contribution in [0.4, 0.5) is 0 Å². The van der Waals surface area contributed by atoms with E-state index in [9.17, 15) is 9.59 Å². The van der Waals surface area contributed by atoms with Crippen molar-refractivity contribution in [2.45, 2.75) is 20.3 Å². The molecular formula is C7H8O2. The summed E-state index contributed by atoms with van der Waals surface area (Å²) < 4.78 is 0. The normalized spacial score (nSPS) is 7.33. The summed E-state index contributed by atoms with van der Waals surface area (Å²) in [5.74, 6) is 3.39. The highest BCUT2D eigenvalue weighted by molar-refractivity contribution is 5.58. The molecule has 0 heterocycles. The second-order valence-electron chi connectivity index (χ2n) is 1.94. The van der Waals surface area contributed by atoms with E-state index in [1.165, 1.54) is 0 Å². The molecule has 9 heavy (non-hydrogen) atoms. The molecule has 2 heteroatoms. The van der Waals surface area contributed by atoms with Crippen LogP contribution < -0.4 is 0 Å². The van der Waals surface area contributed by atoms with Gasteiger partial charge in [-0.15, -0.1) is 0 Å². The van der Waals surface area contributed by atoms with E-state index in [2.05, 4.69) is 0 Å². The van der Waals surface area contributed by atoms with E-state index in [4.69, 9.17) is 0 Å². The first-order valence-corrected chi connectivity index (χ1v) is 2.62. The van der Waals surface area contributed by atoms with Crippen molar-refractivity contribution >= 4 is 11.9 Å². The van der Waals surface area contributed by atoms with E-state index in [-0.39, 0.29) is 0 Å². The molecule has 0 spiro atoms. The molecule has 48 valence electrons. The molecule has 0 radical (unpaired) electrons. The average Bonchev–Trinajstić information content (AvgIpc) is 1.87. The third kappa shape index (κ3) is 3.48. The Balaban J connectivity index is 4.05. The summed E-state index contributed by atoms with van der Waals surface area (Å²) in [6.07, 6.45) is 0.396. The van der Waals surface area contributed by atoms with Crippen molar-refractivity contribution in [1.82, 2.24) is 0 Å². The lowest BCUT2D eigenvalue weighted by Gasteiger charge is -1.88. The monoisotopic (exact) mass is 124 g/mol. The number of allylic oxidation sites excluding steroid dienone is 2. The zero-order chi connectivity index (χ0) is 7.28. The Labute approximate surface area is 53.9 Å². The maximum absolute atomic E-state index is 9.85. The highest BCUT2D eigenvalue weighted by Gasteiger charge is 1.91. The molecule has 0 bridgehead atoms. The van der Waals surface area contributed by atoms with Crippen molar-refractivity contribution in [2.75, 3.05) is 0 Å². The maximum Gasteiger partial charge on any atom is 0.123 e. The smallest absolute Gasteiger partial charge is 0.123 e. The number of hydrogen-bond acceptors (Lipinski definition) is 2. The van der Waals surface area contributed by atoms with Crippen LogP contribution in [0, 0.1) is 0 Å². The predicted octanol–water partition coefficient (Wildman–Crippen LogP) is 0.932. The van der Waals surface area contributed by atoms with Crippen molar-refractivity contribution < 1.29 is 9.59 Å². The van der Waals surface area contributed by atoms with Gasteiger partial charge in [0.2, 0.25) is 0 Å². The van der Waals surface area contributed by atoms with Gasteiger partial charge in [0.25, 0.3) is 0 Å². The molecule has 0 aromatic rings. The van der Waals surface area contributed by atoms with Gasteiger partial charge in [0, 0.05) is 17.6 Å². The van der Waals surface area contributed by atoms with E-state index >= 15 is 0 Å². The average molecular weight is 124 g/mol. The van der Waals surface area contributed by atoms with E-state index in [0.29, 0.717) is 17.6 Å². The van der Waals surface area contributed by atoms with Gasteiger partial charge in [0.1, 0.15) is 11.9 Å². The van der Waals surface area contributed by atoms with Crippen molar-refractivity contribution in [3.05, 3.63) is 11.1 Å². The summed E-state index contributed by atoms with van der Waals surface area (Å²) >= 11 is 0. The van der Waals surface area contributed by atoms with Gasteiger partial charge in [-0.1, -0.05) is 0 Å². The Morgan fingerprint density at radius 1 is 1.11 bits per heavy atom. The summed E-state index contributed by atoms with van der Waals surface area (Å²) in [7, 11) is 0. The van der Waals surface area contributed by atoms with Crippen LogP contribution in [0.1, 0.15) is 20.3 Å². The Morgan fingerprint density at radius 3 is 1.67 bits per heavy atom. The molecular weight excluding hydrogens is 116 g/mol. The lowest BCUT2D eigenvalue weighted by Crippen LogP contribution is -1.80. The number of rotatable bonds is 2. The highest BCUT2D eigenvalue weighted by atomic mass is 16.1. The van der Waals surface area contributed by atoms with Gasteiger partial charge >= 0.3 is 0 Å². The summed E-state index contributed by atoms with van der Waals surface area (Å²) in [4.78, 5) is 19.7. The molecule has 0 atom stereocenters. The van der Waals surface area contributed by atoms with E-state index in [1.807, 2.05) is 0 Å². The Hall–Kier alpha value is -1.10. The Bertz CT molecular complexity index is 169. The van der Waals surface area contributed by atoms with E-state index in [0.717, 1.165) is 0 Å². The van der Waals surface area contributed by atoms with Crippen LogP contribution in [0.5, 0.6) is 0 Å². The molecule has 0 unspecified atom stereocenters. The van der Waals surface area contributed by atoms with Crippen molar-refractivity contribution in [3.8, 4) is 0 Å². The minimum atomic E-state index is 0.396. The standard InChI is InChI=1S/C7H8O2/c1-6(4-8)3-7(2)5-9/h3H2,1-2H3. The summed E-state index contributed by atoms with van der Waals surface area (Å²) in [6.45, 7) is 3.27. The van der Waals surface area contributed by atoms with Crippen LogP contribution in [0.25, 0.3) is 0 Å². The van der Waals surface area contributed by atoms with Gasteiger partial charge < -0.3 is 0 Å². The van der Waals surface area contributed by atoms with Gasteiger partial charge in [0.05, 0.1) is 0 Å². The molecule has 0 aliphatic carbocycles. The first kappa shape index (κ1) is 7.90. The van der Waals surface area contributed by atoms with Crippen LogP contribution in [-0.2, 0) is 9.59 Å². The number of hydrogen-bond donors (Lipinski definition) is 0. The molecule has 0 aliphatic heterocycles. The summed E-state index contributed by atoms with van der Waals surface area (Å²) in [5.41, 5.74) is 1.08. The Morgan fingerprint density at radius 2 is 1.44 bits per heavy atom. The predicted molar refractivity (Wildman–Crippen MR) is 34.4 cm³/mol. The summed E-state index contributed by atoms with van der Waals surface area (Å²) in [5, 5.41) is 0. The lowest BCUT2D eigenvalue weighted by atomic mass is 10.1. The minimum Gasteiger partial charge on any atom is -0.234 e. The second-order valence-corrected chi connectivity index (χ2v) is 1.94. The molecule has 0 N–H and O–H groups in total. The summed E-state index contributed by atoms with van der Waals surface area (Å²) in [6, 6.07) is 0. The number of carbonyl (C=O) groups excluding carboxylic acids is 2. The molecule has 0 saturated carbocycles. The molecule has 0 fully saturated rings. The fourth-order valence-corrected chi connectivity index (χ4v) is 0.470. The topological polar surface area (TPSA) is 34.1 Å². The molecule has 0 rings (SSSR count). The zero-order valence-corrected chi connectivity index (χ0v) is 5.52. The van der Waals surface area contributed by atoms with Crippen molar-refractivity contribution in [2.24, 2.45) is 0 Å². The van der Waals surface area contributed by atoms with Crippen LogP contribution in [0.15, 0.2) is 11.1 Å². The second kappa shape index (κ2) is 3.85. The van der Waals surface area contributed by atoms with Gasteiger partial charge in [-0.25, -0.2) is 9.59 Å². The van der Waals surface area contributed by atoms with Crippen LogP contribution in [0.2, 0.25) is 0 Å². The van der Waals surface area contributed by atoms with Crippen molar-refractivity contribution in [3.63, 3.8) is 0 Å². The molecule has 0 amide bonds. The molecule has 0 aromatic heterocycles. The molecule has 0 saturated heterocycles. The van der Waals surface area contributed by atoms with Crippen molar-refractivity contribution in [1.29, 1.82) is 0 Å². The maximum atomic E-state index is 9.85. The Kier molecular flexibility index (Phi) is 3.38. The first-order valence-electron chi connectivity index (χ1n) is 2.62. The fourth-order valence-electron chi connectivity index (χ4n) is 0.470. The SMILES string of the molecule is CC(=C=O)CC(C)=C=O. The van der Waals surface area contributed by atoms with Gasteiger partial charge in [-0.3, -0.25) is 0 Å². The van der Waals surface area contributed by atoms with Crippen LogP contribution in [0.3, 0.4) is 0 Å².